The number of nitrogens with zero attached hydrogens (tertiary/aromatic N) is 2. The molecule has 1 aliphatic rings. The largest absolute Gasteiger partial charge is 0.354 e. The van der Waals surface area contributed by atoms with Crippen LogP contribution in [-0.2, 0) is 17.9 Å². The molecule has 196 valence electrons. The van der Waals surface area contributed by atoms with Crippen LogP contribution >= 0.6 is 0 Å². The van der Waals surface area contributed by atoms with Crippen LogP contribution in [0.25, 0.3) is 11.3 Å². The maximum absolute atomic E-state index is 13.9. The van der Waals surface area contributed by atoms with Gasteiger partial charge in [0.2, 0.25) is 0 Å². The van der Waals surface area contributed by atoms with Crippen molar-refractivity contribution in [2.45, 2.75) is 13.1 Å². The lowest BCUT2D eigenvalue weighted by Gasteiger charge is -2.17. The number of amides is 2. The highest BCUT2D eigenvalue weighted by atomic mass is 19.1. The van der Waals surface area contributed by atoms with Gasteiger partial charge in [-0.3, -0.25) is 14.6 Å². The van der Waals surface area contributed by atoms with Crippen LogP contribution < -0.4 is 16.0 Å². The van der Waals surface area contributed by atoms with Gasteiger partial charge in [-0.1, -0.05) is 30.3 Å². The van der Waals surface area contributed by atoms with Gasteiger partial charge in [-0.05, 0) is 79.3 Å². The van der Waals surface area contributed by atoms with Gasteiger partial charge < -0.3 is 20.9 Å². The fourth-order valence-corrected chi connectivity index (χ4v) is 4.49. The molecule has 0 aliphatic carbocycles. The van der Waals surface area contributed by atoms with Crippen molar-refractivity contribution in [2.24, 2.45) is 0 Å². The fourth-order valence-electron chi connectivity index (χ4n) is 4.49. The molecule has 0 saturated heterocycles. The lowest BCUT2D eigenvalue weighted by atomic mass is 9.98. The Morgan fingerprint density at radius 1 is 0.949 bits per heavy atom. The smallest absolute Gasteiger partial charge is 0.258 e. The average Bonchev–Trinajstić information content (AvgIpc) is 3.26. The van der Waals surface area contributed by atoms with Crippen molar-refractivity contribution >= 4 is 34.5 Å². The Morgan fingerprint density at radius 2 is 1.74 bits per heavy atom. The molecule has 3 N–H and O–H groups in total. The molecule has 7 nitrogen and oxygen atoms in total. The molecule has 2 heterocycles. The number of carbonyl (C=O) groups is 2. The second-order valence-corrected chi connectivity index (χ2v) is 9.58. The molecule has 0 saturated carbocycles. The summed E-state index contributed by atoms with van der Waals surface area (Å²) in [6, 6.07) is 23.3. The molecule has 0 unspecified atom stereocenters. The third kappa shape index (κ3) is 6.02. The molecular formula is C31H28FN5O2. The van der Waals surface area contributed by atoms with E-state index in [1.807, 2.05) is 62.6 Å². The minimum Gasteiger partial charge on any atom is -0.354 e. The Labute approximate surface area is 226 Å². The van der Waals surface area contributed by atoms with E-state index >= 15 is 0 Å². The Kier molecular flexibility index (Phi) is 7.47. The highest BCUT2D eigenvalue weighted by molar-refractivity contribution is 6.37. The van der Waals surface area contributed by atoms with E-state index < -0.39 is 5.82 Å². The van der Waals surface area contributed by atoms with Crippen LogP contribution in [0, 0.1) is 5.82 Å². The summed E-state index contributed by atoms with van der Waals surface area (Å²) < 4.78 is 13.9. The van der Waals surface area contributed by atoms with Crippen LogP contribution in [0.4, 0.5) is 15.8 Å². The predicted octanol–water partition coefficient (Wildman–Crippen LogP) is 5.14. The van der Waals surface area contributed by atoms with Gasteiger partial charge in [0.25, 0.3) is 11.8 Å². The first-order chi connectivity index (χ1) is 18.9. The van der Waals surface area contributed by atoms with Crippen molar-refractivity contribution in [2.75, 3.05) is 24.7 Å². The number of fused-ring (bicyclic) bond motifs is 1. The molecule has 1 aliphatic heterocycles. The Bertz CT molecular complexity index is 1550. The summed E-state index contributed by atoms with van der Waals surface area (Å²) in [7, 11) is 4.03. The van der Waals surface area contributed by atoms with Crippen LogP contribution in [0.15, 0.2) is 91.3 Å². The SMILES string of the molecule is CN(C)Cc1ccc(N/C(=C2\C(=O)Nc3cc(F)ccc32)c2cccc(CNC(=O)c3cccnc3)c2)cc1. The summed E-state index contributed by atoms with van der Waals surface area (Å²) in [4.78, 5) is 31.8. The second-order valence-electron chi connectivity index (χ2n) is 9.58. The molecular weight excluding hydrogens is 493 g/mol. The van der Waals surface area contributed by atoms with Gasteiger partial charge in [0, 0.05) is 36.7 Å². The minimum atomic E-state index is -0.423. The van der Waals surface area contributed by atoms with Crippen LogP contribution in [-0.4, -0.2) is 35.8 Å². The van der Waals surface area contributed by atoms with Crippen LogP contribution in [0.3, 0.4) is 0 Å². The van der Waals surface area contributed by atoms with Crippen molar-refractivity contribution in [3.63, 3.8) is 0 Å². The van der Waals surface area contributed by atoms with Gasteiger partial charge >= 0.3 is 0 Å². The van der Waals surface area contributed by atoms with E-state index in [2.05, 4.69) is 25.8 Å². The summed E-state index contributed by atoms with van der Waals surface area (Å²) >= 11 is 0. The number of benzene rings is 3. The van der Waals surface area contributed by atoms with Gasteiger partial charge in [-0.2, -0.15) is 0 Å². The Hall–Kier alpha value is -4.82. The van der Waals surface area contributed by atoms with E-state index in [0.717, 1.165) is 28.9 Å². The van der Waals surface area contributed by atoms with Crippen LogP contribution in [0.1, 0.15) is 32.6 Å². The number of nitrogens with one attached hydrogen (secondary N) is 3. The predicted molar refractivity (Wildman–Crippen MR) is 151 cm³/mol. The van der Waals surface area contributed by atoms with Crippen molar-refractivity contribution in [1.29, 1.82) is 0 Å². The number of carbonyl (C=O) groups excluding carboxylic acids is 2. The van der Waals surface area contributed by atoms with E-state index in [1.54, 1.807) is 24.4 Å². The summed E-state index contributed by atoms with van der Waals surface area (Å²) in [6.07, 6.45) is 3.13. The van der Waals surface area contributed by atoms with E-state index in [9.17, 15) is 14.0 Å². The highest BCUT2D eigenvalue weighted by Gasteiger charge is 2.29. The summed E-state index contributed by atoms with van der Waals surface area (Å²) in [5.41, 5.74) is 6.08. The first kappa shape index (κ1) is 25.8. The number of halogens is 1. The van der Waals surface area contributed by atoms with Crippen molar-refractivity contribution in [3.05, 3.63) is 125 Å². The minimum absolute atomic E-state index is 0.228. The maximum Gasteiger partial charge on any atom is 0.258 e. The maximum atomic E-state index is 13.9. The second kappa shape index (κ2) is 11.3. The first-order valence-corrected chi connectivity index (χ1v) is 12.5. The first-order valence-electron chi connectivity index (χ1n) is 12.5. The summed E-state index contributed by atoms with van der Waals surface area (Å²) in [5.74, 6) is -0.973. The normalized spacial score (nSPS) is 13.6. The molecule has 0 radical (unpaired) electrons. The number of pyridine rings is 1. The number of anilines is 2. The van der Waals surface area contributed by atoms with Crippen molar-refractivity contribution in [3.8, 4) is 0 Å². The average molecular weight is 522 g/mol. The third-order valence-corrected chi connectivity index (χ3v) is 6.29. The fraction of sp³-hybridized carbons (Fsp3) is 0.129. The monoisotopic (exact) mass is 521 g/mol. The summed E-state index contributed by atoms with van der Waals surface area (Å²) in [6.45, 7) is 1.10. The number of hydrogen-bond acceptors (Lipinski definition) is 5. The molecule has 4 aromatic rings. The zero-order chi connectivity index (χ0) is 27.4. The number of hydrogen-bond donors (Lipinski definition) is 3. The molecule has 8 heteroatoms. The molecule has 2 amide bonds. The standard InChI is InChI=1S/C31H28FN5O2/c1-37(2)19-20-8-11-25(12-9-20)35-29(28-26-13-10-24(32)16-27(26)36-31(28)39)22-6-3-5-21(15-22)17-34-30(38)23-7-4-14-33-18-23/h3-16,18,35H,17,19H2,1-2H3,(H,34,38)(H,36,39)/b29-28-. The molecule has 0 fully saturated rings. The molecule has 39 heavy (non-hydrogen) atoms. The highest BCUT2D eigenvalue weighted by Crippen LogP contribution is 2.38. The van der Waals surface area contributed by atoms with E-state index in [-0.39, 0.29) is 18.4 Å². The van der Waals surface area contributed by atoms with Gasteiger partial charge in [-0.15, -0.1) is 0 Å². The lowest BCUT2D eigenvalue weighted by molar-refractivity contribution is -0.110. The van der Waals surface area contributed by atoms with Crippen LogP contribution in [0.5, 0.6) is 0 Å². The zero-order valence-corrected chi connectivity index (χ0v) is 21.7. The molecule has 0 atom stereocenters. The number of rotatable bonds is 8. The van der Waals surface area contributed by atoms with E-state index in [4.69, 9.17) is 0 Å². The van der Waals surface area contributed by atoms with Gasteiger partial charge in [-0.25, -0.2) is 4.39 Å². The van der Waals surface area contributed by atoms with Gasteiger partial charge in [0.05, 0.1) is 22.5 Å². The number of aromatic nitrogens is 1. The van der Waals surface area contributed by atoms with Crippen molar-refractivity contribution in [1.82, 2.24) is 15.2 Å². The molecule has 0 bridgehead atoms. The van der Waals surface area contributed by atoms with Gasteiger partial charge in [0.1, 0.15) is 5.82 Å². The Balaban J connectivity index is 1.50. The summed E-state index contributed by atoms with van der Waals surface area (Å²) in [5, 5.41) is 9.13. The molecule has 1 aromatic heterocycles. The quantitative estimate of drug-likeness (QED) is 0.280. The molecule has 5 rings (SSSR count). The lowest BCUT2D eigenvalue weighted by Crippen LogP contribution is -2.22. The van der Waals surface area contributed by atoms with Crippen LogP contribution in [0.2, 0.25) is 0 Å². The third-order valence-electron chi connectivity index (χ3n) is 6.29. The van der Waals surface area contributed by atoms with E-state index in [1.165, 1.54) is 18.3 Å². The molecule has 0 spiro atoms. The Morgan fingerprint density at radius 3 is 2.49 bits per heavy atom. The zero-order valence-electron chi connectivity index (χ0n) is 21.7. The topological polar surface area (TPSA) is 86.4 Å². The van der Waals surface area contributed by atoms with E-state index in [0.29, 0.717) is 28.1 Å². The molecule has 3 aromatic carbocycles. The van der Waals surface area contributed by atoms with Crippen molar-refractivity contribution < 1.29 is 14.0 Å². The van der Waals surface area contributed by atoms with Gasteiger partial charge in [0.15, 0.2) is 0 Å².